The molecule has 0 aliphatic carbocycles. The van der Waals surface area contributed by atoms with Gasteiger partial charge in [0.05, 0.1) is 6.61 Å². The topological polar surface area (TPSA) is 40.5 Å². The molecular formula is C8H15NO2. The van der Waals surface area contributed by atoms with Crippen LogP contribution in [0, 0.1) is 5.92 Å². The van der Waals surface area contributed by atoms with Crippen LogP contribution < -0.4 is 0 Å². The maximum Gasteiger partial charge on any atom is 0.224 e. The van der Waals surface area contributed by atoms with Gasteiger partial charge in [-0.2, -0.15) is 0 Å². The number of carbonyl (C=O) groups excluding carboxylic acids is 1. The molecule has 1 heterocycles. The van der Waals surface area contributed by atoms with Gasteiger partial charge in [0, 0.05) is 19.5 Å². The molecule has 11 heavy (non-hydrogen) atoms. The Hall–Kier alpha value is -0.570. The predicted octanol–water partition coefficient (Wildman–Crippen LogP) is 0.237. The van der Waals surface area contributed by atoms with Crippen LogP contribution in [0.4, 0.5) is 0 Å². The van der Waals surface area contributed by atoms with E-state index >= 15 is 0 Å². The zero-order valence-corrected chi connectivity index (χ0v) is 6.92. The molecule has 1 fully saturated rings. The molecule has 0 bridgehead atoms. The van der Waals surface area contributed by atoms with Gasteiger partial charge in [-0.3, -0.25) is 4.79 Å². The summed E-state index contributed by atoms with van der Waals surface area (Å²) >= 11 is 0. The molecule has 1 unspecified atom stereocenters. The lowest BCUT2D eigenvalue weighted by molar-refractivity contribution is -0.130. The van der Waals surface area contributed by atoms with Gasteiger partial charge in [0.1, 0.15) is 0 Å². The van der Waals surface area contributed by atoms with Crippen LogP contribution >= 0.6 is 0 Å². The summed E-state index contributed by atoms with van der Waals surface area (Å²) in [6.07, 6.45) is 1.39. The zero-order chi connectivity index (χ0) is 8.27. The number of amides is 1. The third kappa shape index (κ3) is 2.19. The summed E-state index contributed by atoms with van der Waals surface area (Å²) in [6.45, 7) is 3.87. The van der Waals surface area contributed by atoms with Crippen molar-refractivity contribution in [3.63, 3.8) is 0 Å². The summed E-state index contributed by atoms with van der Waals surface area (Å²) in [6, 6.07) is 0. The summed E-state index contributed by atoms with van der Waals surface area (Å²) in [5.41, 5.74) is 0. The summed E-state index contributed by atoms with van der Waals surface area (Å²) in [4.78, 5) is 13.0. The second kappa shape index (κ2) is 3.72. The van der Waals surface area contributed by atoms with E-state index in [2.05, 4.69) is 6.92 Å². The average Bonchev–Trinajstić information content (AvgIpc) is 2.36. The van der Waals surface area contributed by atoms with Gasteiger partial charge in [-0.1, -0.05) is 6.92 Å². The number of likely N-dealkylation sites (tertiary alicyclic amines) is 1. The molecule has 1 saturated heterocycles. The van der Waals surface area contributed by atoms with Crippen molar-refractivity contribution in [1.29, 1.82) is 0 Å². The number of aliphatic hydroxyl groups excluding tert-OH is 1. The molecule has 1 aliphatic heterocycles. The Morgan fingerprint density at radius 2 is 2.45 bits per heavy atom. The van der Waals surface area contributed by atoms with E-state index in [1.54, 1.807) is 0 Å². The Morgan fingerprint density at radius 3 is 2.91 bits per heavy atom. The molecule has 0 saturated carbocycles. The molecule has 0 spiro atoms. The van der Waals surface area contributed by atoms with E-state index in [9.17, 15) is 4.79 Å². The lowest BCUT2D eigenvalue weighted by Gasteiger charge is -2.14. The monoisotopic (exact) mass is 157 g/mol. The molecule has 1 atom stereocenters. The van der Waals surface area contributed by atoms with Crippen LogP contribution in [-0.4, -0.2) is 35.6 Å². The van der Waals surface area contributed by atoms with Crippen LogP contribution in [0.3, 0.4) is 0 Å². The molecule has 1 N–H and O–H groups in total. The second-order valence-corrected chi connectivity index (χ2v) is 3.21. The Labute approximate surface area is 67.0 Å². The first-order chi connectivity index (χ1) is 5.24. The molecule has 0 radical (unpaired) electrons. The minimum Gasteiger partial charge on any atom is -0.396 e. The smallest absolute Gasteiger partial charge is 0.224 e. The number of hydrogen-bond acceptors (Lipinski definition) is 2. The van der Waals surface area contributed by atoms with Gasteiger partial charge in [-0.05, 0) is 12.3 Å². The standard InChI is InChI=1S/C8H15NO2/c1-7-2-4-9(6-7)8(11)3-5-10/h7,10H,2-6H2,1H3. The normalized spacial score (nSPS) is 24.2. The third-order valence-electron chi connectivity index (χ3n) is 2.10. The summed E-state index contributed by atoms with van der Waals surface area (Å²) in [5.74, 6) is 0.731. The number of aliphatic hydroxyl groups is 1. The van der Waals surface area contributed by atoms with Crippen molar-refractivity contribution < 1.29 is 9.90 Å². The highest BCUT2D eigenvalue weighted by molar-refractivity contribution is 5.76. The largest absolute Gasteiger partial charge is 0.396 e. The van der Waals surface area contributed by atoms with Crippen molar-refractivity contribution in [2.24, 2.45) is 5.92 Å². The van der Waals surface area contributed by atoms with E-state index in [1.807, 2.05) is 4.90 Å². The first kappa shape index (κ1) is 8.53. The molecule has 3 heteroatoms. The van der Waals surface area contributed by atoms with Gasteiger partial charge in [0.2, 0.25) is 5.91 Å². The minimum absolute atomic E-state index is 0.0241. The molecule has 0 aromatic carbocycles. The molecule has 64 valence electrons. The fourth-order valence-corrected chi connectivity index (χ4v) is 1.42. The van der Waals surface area contributed by atoms with Crippen molar-refractivity contribution in [1.82, 2.24) is 4.90 Å². The first-order valence-electron chi connectivity index (χ1n) is 4.12. The molecular weight excluding hydrogens is 142 g/mol. The van der Waals surface area contributed by atoms with Crippen LogP contribution in [-0.2, 0) is 4.79 Å². The number of nitrogens with zero attached hydrogens (tertiary/aromatic N) is 1. The van der Waals surface area contributed by atoms with Gasteiger partial charge in [0.15, 0.2) is 0 Å². The van der Waals surface area contributed by atoms with Crippen molar-refractivity contribution in [3.05, 3.63) is 0 Å². The summed E-state index contributed by atoms with van der Waals surface area (Å²) in [7, 11) is 0. The average molecular weight is 157 g/mol. The number of hydrogen-bond donors (Lipinski definition) is 1. The highest BCUT2D eigenvalue weighted by Crippen LogP contribution is 2.15. The van der Waals surface area contributed by atoms with Gasteiger partial charge >= 0.3 is 0 Å². The lowest BCUT2D eigenvalue weighted by atomic mass is 10.2. The van der Waals surface area contributed by atoms with Crippen molar-refractivity contribution in [2.75, 3.05) is 19.7 Å². The number of carbonyl (C=O) groups is 1. The minimum atomic E-state index is -0.0241. The summed E-state index contributed by atoms with van der Waals surface area (Å²) < 4.78 is 0. The Kier molecular flexibility index (Phi) is 2.88. The van der Waals surface area contributed by atoms with E-state index in [-0.39, 0.29) is 18.9 Å². The van der Waals surface area contributed by atoms with Crippen LogP contribution in [0.1, 0.15) is 19.8 Å². The van der Waals surface area contributed by atoms with Crippen LogP contribution in [0.2, 0.25) is 0 Å². The van der Waals surface area contributed by atoms with Crippen LogP contribution in [0.5, 0.6) is 0 Å². The van der Waals surface area contributed by atoms with Crippen LogP contribution in [0.25, 0.3) is 0 Å². The van der Waals surface area contributed by atoms with E-state index in [1.165, 1.54) is 0 Å². The van der Waals surface area contributed by atoms with Crippen molar-refractivity contribution in [2.45, 2.75) is 19.8 Å². The van der Waals surface area contributed by atoms with Gasteiger partial charge in [-0.25, -0.2) is 0 Å². The Bertz CT molecular complexity index is 147. The van der Waals surface area contributed by atoms with Gasteiger partial charge < -0.3 is 10.0 Å². The Balaban J connectivity index is 2.31. The molecule has 0 aromatic heterocycles. The maximum absolute atomic E-state index is 11.2. The van der Waals surface area contributed by atoms with Crippen LogP contribution in [0.15, 0.2) is 0 Å². The molecule has 1 rings (SSSR count). The second-order valence-electron chi connectivity index (χ2n) is 3.21. The molecule has 0 aromatic rings. The van der Waals surface area contributed by atoms with Gasteiger partial charge in [0.25, 0.3) is 0 Å². The SMILES string of the molecule is CC1CCN(C(=O)CCO)C1. The van der Waals surface area contributed by atoms with E-state index < -0.39 is 0 Å². The maximum atomic E-state index is 11.2. The lowest BCUT2D eigenvalue weighted by Crippen LogP contribution is -2.28. The molecule has 1 aliphatic rings. The fourth-order valence-electron chi connectivity index (χ4n) is 1.42. The van der Waals surface area contributed by atoms with E-state index in [4.69, 9.17) is 5.11 Å². The highest BCUT2D eigenvalue weighted by Gasteiger charge is 2.22. The summed E-state index contributed by atoms with van der Waals surface area (Å²) in [5, 5.41) is 8.52. The predicted molar refractivity (Wildman–Crippen MR) is 42.1 cm³/mol. The van der Waals surface area contributed by atoms with E-state index in [0.29, 0.717) is 5.92 Å². The van der Waals surface area contributed by atoms with Crippen molar-refractivity contribution in [3.8, 4) is 0 Å². The fraction of sp³-hybridized carbons (Fsp3) is 0.875. The highest BCUT2D eigenvalue weighted by atomic mass is 16.3. The van der Waals surface area contributed by atoms with Crippen molar-refractivity contribution >= 4 is 5.91 Å². The third-order valence-corrected chi connectivity index (χ3v) is 2.10. The van der Waals surface area contributed by atoms with Gasteiger partial charge in [-0.15, -0.1) is 0 Å². The first-order valence-corrected chi connectivity index (χ1v) is 4.12. The zero-order valence-electron chi connectivity index (χ0n) is 6.92. The molecule has 3 nitrogen and oxygen atoms in total. The number of rotatable bonds is 2. The van der Waals surface area contributed by atoms with E-state index in [0.717, 1.165) is 19.5 Å². The Morgan fingerprint density at radius 1 is 1.73 bits per heavy atom. The molecule has 1 amide bonds. The quantitative estimate of drug-likeness (QED) is 0.623.